The molecule has 0 aliphatic carbocycles. The van der Waals surface area contributed by atoms with Crippen molar-refractivity contribution in [3.05, 3.63) is 53.8 Å². The Morgan fingerprint density at radius 3 is 2.32 bits per heavy atom. The van der Waals surface area contributed by atoms with E-state index in [1.807, 2.05) is 0 Å². The second-order valence-corrected chi connectivity index (χ2v) is 3.83. The van der Waals surface area contributed by atoms with Crippen molar-refractivity contribution in [2.75, 3.05) is 7.11 Å². The minimum atomic E-state index is -0.465. The lowest BCUT2D eigenvalue weighted by Gasteiger charge is -2.10. The molecule has 0 aliphatic rings. The van der Waals surface area contributed by atoms with Crippen LogP contribution in [0.3, 0.4) is 0 Å². The number of nitrogens with two attached hydrogens (primary N) is 1. The normalized spacial score (nSPS) is 10.0. The van der Waals surface area contributed by atoms with Crippen LogP contribution in [0.5, 0.6) is 17.2 Å². The van der Waals surface area contributed by atoms with Gasteiger partial charge in [-0.15, -0.1) is 0 Å². The summed E-state index contributed by atoms with van der Waals surface area (Å²) < 4.78 is 23.7. The van der Waals surface area contributed by atoms with Gasteiger partial charge in [-0.05, 0) is 42.5 Å². The van der Waals surface area contributed by atoms with Gasteiger partial charge in [-0.25, -0.2) is 4.39 Å². The standard InChI is InChI=1S/C14H13FN2O2/c1-18-10-3-5-11(6-4-10)19-13-7-2-9(15)8-12(13)14(16)17/h2-8H,1H3,(H3,16,17). The fourth-order valence-electron chi connectivity index (χ4n) is 1.57. The Hall–Kier alpha value is -2.56. The maximum Gasteiger partial charge on any atom is 0.138 e. The van der Waals surface area contributed by atoms with E-state index < -0.39 is 5.82 Å². The average Bonchev–Trinajstić information content (AvgIpc) is 2.41. The van der Waals surface area contributed by atoms with Crippen LogP contribution in [0.4, 0.5) is 4.39 Å². The first-order chi connectivity index (χ1) is 9.10. The second kappa shape index (κ2) is 5.39. The first-order valence-electron chi connectivity index (χ1n) is 5.56. The van der Waals surface area contributed by atoms with Gasteiger partial charge in [-0.3, -0.25) is 5.41 Å². The molecule has 0 heterocycles. The molecule has 2 aromatic carbocycles. The zero-order chi connectivity index (χ0) is 13.8. The number of benzene rings is 2. The van der Waals surface area contributed by atoms with Gasteiger partial charge in [-0.1, -0.05) is 0 Å². The highest BCUT2D eigenvalue weighted by Crippen LogP contribution is 2.27. The smallest absolute Gasteiger partial charge is 0.138 e. The van der Waals surface area contributed by atoms with E-state index in [9.17, 15) is 4.39 Å². The highest BCUT2D eigenvalue weighted by Gasteiger charge is 2.09. The Morgan fingerprint density at radius 2 is 1.74 bits per heavy atom. The van der Waals surface area contributed by atoms with Crippen LogP contribution in [0.2, 0.25) is 0 Å². The quantitative estimate of drug-likeness (QED) is 0.656. The molecule has 0 fully saturated rings. The Balaban J connectivity index is 2.29. The molecule has 0 saturated heterocycles. The second-order valence-electron chi connectivity index (χ2n) is 3.83. The van der Waals surface area contributed by atoms with Gasteiger partial charge >= 0.3 is 0 Å². The molecule has 0 spiro atoms. The fraction of sp³-hybridized carbons (Fsp3) is 0.0714. The molecular weight excluding hydrogens is 247 g/mol. The minimum absolute atomic E-state index is 0.218. The van der Waals surface area contributed by atoms with Crippen molar-refractivity contribution in [2.45, 2.75) is 0 Å². The Bertz CT molecular complexity index is 597. The van der Waals surface area contributed by atoms with Crippen molar-refractivity contribution in [3.63, 3.8) is 0 Å². The number of ether oxygens (including phenoxy) is 2. The molecule has 19 heavy (non-hydrogen) atoms. The number of nitrogen functional groups attached to an aromatic ring is 1. The zero-order valence-electron chi connectivity index (χ0n) is 10.3. The van der Waals surface area contributed by atoms with Gasteiger partial charge in [0.25, 0.3) is 0 Å². The summed E-state index contributed by atoms with van der Waals surface area (Å²) in [5, 5.41) is 7.41. The molecule has 2 aromatic rings. The monoisotopic (exact) mass is 260 g/mol. The topological polar surface area (TPSA) is 68.3 Å². The number of hydrogen-bond donors (Lipinski definition) is 2. The van der Waals surface area contributed by atoms with Gasteiger partial charge in [-0.2, -0.15) is 0 Å². The van der Waals surface area contributed by atoms with Crippen molar-refractivity contribution in [1.29, 1.82) is 5.41 Å². The van der Waals surface area contributed by atoms with E-state index >= 15 is 0 Å². The lowest BCUT2D eigenvalue weighted by atomic mass is 10.2. The molecule has 0 bridgehead atoms. The lowest BCUT2D eigenvalue weighted by molar-refractivity contribution is 0.412. The van der Waals surface area contributed by atoms with E-state index in [1.165, 1.54) is 18.2 Å². The molecule has 5 heteroatoms. The summed E-state index contributed by atoms with van der Waals surface area (Å²) in [7, 11) is 1.57. The highest BCUT2D eigenvalue weighted by atomic mass is 19.1. The van der Waals surface area contributed by atoms with E-state index in [2.05, 4.69) is 0 Å². The van der Waals surface area contributed by atoms with E-state index in [0.717, 1.165) is 0 Å². The highest BCUT2D eigenvalue weighted by molar-refractivity contribution is 5.97. The van der Waals surface area contributed by atoms with Gasteiger partial charge in [0, 0.05) is 0 Å². The van der Waals surface area contributed by atoms with Crippen molar-refractivity contribution in [2.24, 2.45) is 5.73 Å². The molecule has 0 radical (unpaired) electrons. The van der Waals surface area contributed by atoms with Gasteiger partial charge in [0.15, 0.2) is 0 Å². The molecular formula is C14H13FN2O2. The average molecular weight is 260 g/mol. The Kier molecular flexibility index (Phi) is 3.66. The van der Waals surface area contributed by atoms with Crippen LogP contribution in [0.1, 0.15) is 5.56 Å². The van der Waals surface area contributed by atoms with Crippen LogP contribution in [-0.2, 0) is 0 Å². The molecule has 0 saturated carbocycles. The summed E-state index contributed by atoms with van der Waals surface area (Å²) in [5.74, 6) is 0.877. The molecule has 0 aromatic heterocycles. The number of halogens is 1. The summed E-state index contributed by atoms with van der Waals surface area (Å²) >= 11 is 0. The van der Waals surface area contributed by atoms with E-state index in [-0.39, 0.29) is 11.4 Å². The van der Waals surface area contributed by atoms with Crippen LogP contribution in [0, 0.1) is 11.2 Å². The number of hydrogen-bond acceptors (Lipinski definition) is 3. The van der Waals surface area contributed by atoms with E-state index in [0.29, 0.717) is 17.2 Å². The number of methoxy groups -OCH3 is 1. The maximum absolute atomic E-state index is 13.1. The van der Waals surface area contributed by atoms with Gasteiger partial charge in [0.1, 0.15) is 28.9 Å². The van der Waals surface area contributed by atoms with E-state index in [1.54, 1.807) is 31.4 Å². The summed E-state index contributed by atoms with van der Waals surface area (Å²) in [6, 6.07) is 10.8. The zero-order valence-corrected chi connectivity index (χ0v) is 10.3. The Labute approximate surface area is 110 Å². The van der Waals surface area contributed by atoms with Crippen LogP contribution in [0.25, 0.3) is 0 Å². The minimum Gasteiger partial charge on any atom is -0.497 e. The number of amidine groups is 1. The fourth-order valence-corrected chi connectivity index (χ4v) is 1.57. The lowest BCUT2D eigenvalue weighted by Crippen LogP contribution is -2.12. The van der Waals surface area contributed by atoms with Crippen LogP contribution < -0.4 is 15.2 Å². The van der Waals surface area contributed by atoms with Crippen LogP contribution in [0.15, 0.2) is 42.5 Å². The summed E-state index contributed by atoms with van der Waals surface area (Å²) in [5.41, 5.74) is 5.62. The first kappa shape index (κ1) is 12.9. The van der Waals surface area contributed by atoms with Crippen molar-refractivity contribution in [1.82, 2.24) is 0 Å². The van der Waals surface area contributed by atoms with Gasteiger partial charge in [0.2, 0.25) is 0 Å². The SMILES string of the molecule is COc1ccc(Oc2ccc(F)cc2C(=N)N)cc1. The molecule has 3 N–H and O–H groups in total. The molecule has 2 rings (SSSR count). The number of rotatable bonds is 4. The van der Waals surface area contributed by atoms with Crippen molar-refractivity contribution >= 4 is 5.84 Å². The summed E-state index contributed by atoms with van der Waals surface area (Å²) in [6.45, 7) is 0. The summed E-state index contributed by atoms with van der Waals surface area (Å²) in [6.07, 6.45) is 0. The first-order valence-corrected chi connectivity index (χ1v) is 5.56. The van der Waals surface area contributed by atoms with Crippen LogP contribution in [-0.4, -0.2) is 12.9 Å². The molecule has 0 unspecified atom stereocenters. The van der Waals surface area contributed by atoms with Crippen molar-refractivity contribution < 1.29 is 13.9 Å². The van der Waals surface area contributed by atoms with Gasteiger partial charge < -0.3 is 15.2 Å². The molecule has 0 amide bonds. The molecule has 0 aliphatic heterocycles. The third kappa shape index (κ3) is 3.01. The third-order valence-electron chi connectivity index (χ3n) is 2.52. The predicted octanol–water partition coefficient (Wildman–Crippen LogP) is 2.91. The van der Waals surface area contributed by atoms with Crippen molar-refractivity contribution in [3.8, 4) is 17.2 Å². The number of nitrogens with one attached hydrogen (secondary N) is 1. The largest absolute Gasteiger partial charge is 0.497 e. The Morgan fingerprint density at radius 1 is 1.11 bits per heavy atom. The molecule has 0 atom stereocenters. The predicted molar refractivity (Wildman–Crippen MR) is 70.5 cm³/mol. The maximum atomic E-state index is 13.1. The summed E-state index contributed by atoms with van der Waals surface area (Å²) in [4.78, 5) is 0. The molecule has 4 nitrogen and oxygen atoms in total. The molecule has 98 valence electrons. The van der Waals surface area contributed by atoms with E-state index in [4.69, 9.17) is 20.6 Å². The third-order valence-corrected chi connectivity index (χ3v) is 2.52. The van der Waals surface area contributed by atoms with Crippen LogP contribution >= 0.6 is 0 Å². The van der Waals surface area contributed by atoms with Gasteiger partial charge in [0.05, 0.1) is 12.7 Å².